The van der Waals surface area contributed by atoms with Crippen molar-refractivity contribution < 1.29 is 19.1 Å². The van der Waals surface area contributed by atoms with E-state index in [-0.39, 0.29) is 23.8 Å². The van der Waals surface area contributed by atoms with E-state index in [2.05, 4.69) is 26.1 Å². The number of methoxy groups -OCH3 is 1. The lowest BCUT2D eigenvalue weighted by molar-refractivity contribution is -0.120. The Kier molecular flexibility index (Phi) is 6.57. The van der Waals surface area contributed by atoms with E-state index >= 15 is 0 Å². The molecule has 28 heavy (non-hydrogen) atoms. The number of esters is 1. The fourth-order valence-corrected chi connectivity index (χ4v) is 2.88. The lowest BCUT2D eigenvalue weighted by atomic mass is 9.86. The van der Waals surface area contributed by atoms with Crippen molar-refractivity contribution in [3.63, 3.8) is 0 Å². The van der Waals surface area contributed by atoms with Crippen LogP contribution in [-0.2, 0) is 19.7 Å². The first-order chi connectivity index (χ1) is 13.1. The largest absolute Gasteiger partial charge is 0.465 e. The molecule has 0 atom stereocenters. The van der Waals surface area contributed by atoms with Crippen molar-refractivity contribution in [2.24, 2.45) is 0 Å². The van der Waals surface area contributed by atoms with Gasteiger partial charge < -0.3 is 15.0 Å². The van der Waals surface area contributed by atoms with E-state index in [1.54, 1.807) is 18.2 Å². The van der Waals surface area contributed by atoms with E-state index in [9.17, 15) is 14.4 Å². The van der Waals surface area contributed by atoms with Gasteiger partial charge in [0.1, 0.15) is 6.54 Å². The molecule has 148 valence electrons. The van der Waals surface area contributed by atoms with Crippen LogP contribution >= 0.6 is 0 Å². The van der Waals surface area contributed by atoms with E-state index in [0.29, 0.717) is 16.9 Å². The number of anilines is 2. The molecule has 0 radical (unpaired) electrons. The summed E-state index contributed by atoms with van der Waals surface area (Å²) in [6, 6.07) is 14.0. The lowest BCUT2D eigenvalue weighted by Crippen LogP contribution is -2.37. The summed E-state index contributed by atoms with van der Waals surface area (Å²) in [4.78, 5) is 37.9. The smallest absolute Gasteiger partial charge is 0.337 e. The summed E-state index contributed by atoms with van der Waals surface area (Å²) in [6.45, 7) is 7.41. The number of amides is 2. The van der Waals surface area contributed by atoms with Gasteiger partial charge in [-0.25, -0.2) is 4.79 Å². The zero-order valence-corrected chi connectivity index (χ0v) is 16.9. The third kappa shape index (κ3) is 5.19. The molecule has 0 unspecified atom stereocenters. The highest BCUT2D eigenvalue weighted by molar-refractivity contribution is 6.02. The number of nitrogens with zero attached hydrogens (tertiary/aromatic N) is 1. The van der Waals surface area contributed by atoms with E-state index in [0.717, 1.165) is 5.56 Å². The molecule has 0 aliphatic rings. The molecular formula is C22H26N2O4. The second-order valence-corrected chi connectivity index (χ2v) is 7.49. The fraction of sp³-hybridized carbons (Fsp3) is 0.318. The standard InChI is InChI=1S/C22H26N2O4/c1-15(25)24(17-10-8-9-16(13-17)21(27)28-5)14-20(26)23-19-12-7-6-11-18(19)22(2,3)4/h6-13H,14H2,1-5H3,(H,23,26). The van der Waals surface area contributed by atoms with E-state index in [1.807, 2.05) is 24.3 Å². The third-order valence-corrected chi connectivity index (χ3v) is 4.27. The maximum Gasteiger partial charge on any atom is 0.337 e. The highest BCUT2D eigenvalue weighted by atomic mass is 16.5. The fourth-order valence-electron chi connectivity index (χ4n) is 2.88. The highest BCUT2D eigenvalue weighted by Crippen LogP contribution is 2.29. The summed E-state index contributed by atoms with van der Waals surface area (Å²) in [5, 5.41) is 2.90. The number of para-hydroxylation sites is 1. The van der Waals surface area contributed by atoms with Crippen LogP contribution in [0, 0.1) is 0 Å². The molecule has 0 spiro atoms. The molecule has 0 aromatic heterocycles. The minimum absolute atomic E-state index is 0.140. The highest BCUT2D eigenvalue weighted by Gasteiger charge is 2.21. The van der Waals surface area contributed by atoms with E-state index < -0.39 is 5.97 Å². The van der Waals surface area contributed by atoms with Crippen LogP contribution in [0.25, 0.3) is 0 Å². The maximum atomic E-state index is 12.7. The Morgan fingerprint density at radius 3 is 2.32 bits per heavy atom. The Labute approximate surface area is 165 Å². The molecule has 0 heterocycles. The summed E-state index contributed by atoms with van der Waals surface area (Å²) >= 11 is 0. The maximum absolute atomic E-state index is 12.7. The van der Waals surface area contributed by atoms with Crippen molar-refractivity contribution in [1.29, 1.82) is 0 Å². The number of carbonyl (C=O) groups excluding carboxylic acids is 3. The zero-order valence-electron chi connectivity index (χ0n) is 16.9. The second-order valence-electron chi connectivity index (χ2n) is 7.49. The second kappa shape index (κ2) is 8.69. The van der Waals surface area contributed by atoms with Crippen LogP contribution < -0.4 is 10.2 Å². The molecule has 6 heteroatoms. The van der Waals surface area contributed by atoms with Crippen LogP contribution in [0.4, 0.5) is 11.4 Å². The lowest BCUT2D eigenvalue weighted by Gasteiger charge is -2.24. The van der Waals surface area contributed by atoms with E-state index in [1.165, 1.54) is 25.0 Å². The predicted octanol–water partition coefficient (Wildman–Crippen LogP) is 3.76. The van der Waals surface area contributed by atoms with Crippen molar-refractivity contribution >= 4 is 29.2 Å². The van der Waals surface area contributed by atoms with Gasteiger partial charge in [-0.3, -0.25) is 9.59 Å². The quantitative estimate of drug-likeness (QED) is 0.799. The number of benzene rings is 2. The van der Waals surface area contributed by atoms with Crippen LogP contribution in [0.3, 0.4) is 0 Å². The molecular weight excluding hydrogens is 356 g/mol. The van der Waals surface area contributed by atoms with Crippen molar-refractivity contribution in [2.75, 3.05) is 23.9 Å². The summed E-state index contributed by atoms with van der Waals surface area (Å²) in [5.41, 5.74) is 2.34. The topological polar surface area (TPSA) is 75.7 Å². The Morgan fingerprint density at radius 1 is 1.04 bits per heavy atom. The van der Waals surface area contributed by atoms with Gasteiger partial charge in [0, 0.05) is 18.3 Å². The van der Waals surface area contributed by atoms with Crippen LogP contribution in [0.5, 0.6) is 0 Å². The van der Waals surface area contributed by atoms with Crippen LogP contribution in [0.2, 0.25) is 0 Å². The zero-order chi connectivity index (χ0) is 20.9. The van der Waals surface area contributed by atoms with Gasteiger partial charge in [-0.1, -0.05) is 45.0 Å². The molecule has 0 saturated heterocycles. The Balaban J connectivity index is 2.24. The van der Waals surface area contributed by atoms with Gasteiger partial charge in [0.25, 0.3) is 0 Å². The third-order valence-electron chi connectivity index (χ3n) is 4.27. The monoisotopic (exact) mass is 382 g/mol. The van der Waals surface area contributed by atoms with Gasteiger partial charge >= 0.3 is 5.97 Å². The van der Waals surface area contributed by atoms with Gasteiger partial charge in [0.2, 0.25) is 11.8 Å². The Hall–Kier alpha value is -3.15. The molecule has 0 aliphatic carbocycles. The molecule has 2 aromatic rings. The number of rotatable bonds is 5. The van der Waals surface area contributed by atoms with E-state index in [4.69, 9.17) is 4.74 Å². The Morgan fingerprint density at radius 2 is 1.71 bits per heavy atom. The molecule has 0 fully saturated rings. The first kappa shape index (κ1) is 21.2. The normalized spacial score (nSPS) is 10.9. The number of nitrogens with one attached hydrogen (secondary N) is 1. The number of carbonyl (C=O) groups is 3. The first-order valence-corrected chi connectivity index (χ1v) is 8.99. The van der Waals surface area contributed by atoms with Crippen LogP contribution in [-0.4, -0.2) is 31.4 Å². The van der Waals surface area contributed by atoms with Gasteiger partial charge in [0.05, 0.1) is 12.7 Å². The molecule has 2 amide bonds. The number of hydrogen-bond donors (Lipinski definition) is 1. The summed E-state index contributed by atoms with van der Waals surface area (Å²) in [7, 11) is 1.29. The molecule has 0 saturated carbocycles. The van der Waals surface area contributed by atoms with Gasteiger partial charge in [-0.05, 0) is 35.2 Å². The Bertz CT molecular complexity index is 884. The molecule has 0 bridgehead atoms. The van der Waals surface area contributed by atoms with Gasteiger partial charge in [-0.2, -0.15) is 0 Å². The SMILES string of the molecule is COC(=O)c1cccc(N(CC(=O)Nc2ccccc2C(C)(C)C)C(C)=O)c1. The summed E-state index contributed by atoms with van der Waals surface area (Å²) in [6.07, 6.45) is 0. The van der Waals surface area contributed by atoms with Crippen molar-refractivity contribution in [3.8, 4) is 0 Å². The first-order valence-electron chi connectivity index (χ1n) is 8.99. The molecule has 1 N–H and O–H groups in total. The molecule has 2 rings (SSSR count). The predicted molar refractivity (Wildman–Crippen MR) is 110 cm³/mol. The molecule has 2 aromatic carbocycles. The number of ether oxygens (including phenoxy) is 1. The minimum atomic E-state index is -0.506. The molecule has 0 aliphatic heterocycles. The van der Waals surface area contributed by atoms with Crippen molar-refractivity contribution in [2.45, 2.75) is 33.1 Å². The average molecular weight is 382 g/mol. The summed E-state index contributed by atoms with van der Waals surface area (Å²) < 4.78 is 4.71. The number of hydrogen-bond acceptors (Lipinski definition) is 4. The van der Waals surface area contributed by atoms with Crippen molar-refractivity contribution in [1.82, 2.24) is 0 Å². The minimum Gasteiger partial charge on any atom is -0.465 e. The van der Waals surface area contributed by atoms with Crippen LogP contribution in [0.1, 0.15) is 43.6 Å². The van der Waals surface area contributed by atoms with Gasteiger partial charge in [-0.15, -0.1) is 0 Å². The van der Waals surface area contributed by atoms with Gasteiger partial charge in [0.15, 0.2) is 0 Å². The summed E-state index contributed by atoms with van der Waals surface area (Å²) in [5.74, 6) is -1.13. The average Bonchev–Trinajstić information content (AvgIpc) is 2.65. The van der Waals surface area contributed by atoms with Crippen molar-refractivity contribution in [3.05, 3.63) is 59.7 Å². The van der Waals surface area contributed by atoms with Crippen LogP contribution in [0.15, 0.2) is 48.5 Å². The molecule has 6 nitrogen and oxygen atoms in total.